The smallest absolute Gasteiger partial charge is 0.308 e. The molecule has 0 saturated heterocycles. The number of carbonyl (C=O) groups is 2. The number of fused-ring (bicyclic) bond motifs is 1. The Hall–Kier alpha value is -1.94. The molecule has 0 spiro atoms. The van der Waals surface area contributed by atoms with E-state index in [0.29, 0.717) is 5.75 Å². The number of hydrogen-bond acceptors (Lipinski definition) is 5. The van der Waals surface area contributed by atoms with Crippen molar-refractivity contribution < 1.29 is 19.4 Å². The molecule has 3 rings (SSSR count). The molecule has 8 heteroatoms. The molecule has 0 bridgehead atoms. The lowest BCUT2D eigenvalue weighted by molar-refractivity contribution is -0.131. The highest BCUT2D eigenvalue weighted by atomic mass is 127. The lowest BCUT2D eigenvalue weighted by Crippen LogP contribution is -2.03. The fourth-order valence-corrected chi connectivity index (χ4v) is 3.42. The van der Waals surface area contributed by atoms with Crippen molar-refractivity contribution in [1.29, 1.82) is 0 Å². The Morgan fingerprint density at radius 3 is 2.60 bits per heavy atom. The van der Waals surface area contributed by atoms with E-state index in [1.165, 1.54) is 13.8 Å². The number of nitrogens with zero attached hydrogens (tertiary/aromatic N) is 2. The maximum atomic E-state index is 11.0. The van der Waals surface area contributed by atoms with E-state index in [4.69, 9.17) is 9.53 Å². The lowest BCUT2D eigenvalue weighted by atomic mass is 10.2. The number of rotatable bonds is 2. The van der Waals surface area contributed by atoms with Gasteiger partial charge in [-0.25, -0.2) is 4.68 Å². The number of hydrogen-bond donors (Lipinski definition) is 1. The predicted octanol–water partition coefficient (Wildman–Crippen LogP) is 4.23. The summed E-state index contributed by atoms with van der Waals surface area (Å²) < 4.78 is 8.46. The summed E-state index contributed by atoms with van der Waals surface area (Å²) in [4.78, 5) is 19.8. The van der Waals surface area contributed by atoms with Crippen molar-refractivity contribution in [1.82, 2.24) is 9.78 Å². The summed E-state index contributed by atoms with van der Waals surface area (Å²) in [6.07, 6.45) is 0.750. The van der Waals surface area contributed by atoms with Crippen LogP contribution >= 0.6 is 38.5 Å². The Labute approximate surface area is 166 Å². The van der Waals surface area contributed by atoms with Crippen LogP contribution in [0.1, 0.15) is 13.8 Å². The average Bonchev–Trinajstić information content (AvgIpc) is 2.84. The van der Waals surface area contributed by atoms with Gasteiger partial charge in [0, 0.05) is 16.8 Å². The van der Waals surface area contributed by atoms with Gasteiger partial charge in [-0.15, -0.1) is 0 Å². The SMILES string of the molecule is CC(=O)Oc1ccc(-n2nc3ccc(O)cc3c2I)c(Br)c1.CC=O. The normalized spacial score (nSPS) is 10.1. The van der Waals surface area contributed by atoms with Crippen molar-refractivity contribution in [3.05, 3.63) is 44.6 Å². The molecule has 0 saturated carbocycles. The van der Waals surface area contributed by atoms with Crippen LogP contribution in [0.5, 0.6) is 11.5 Å². The molecule has 0 atom stereocenters. The molecule has 1 aromatic heterocycles. The summed E-state index contributed by atoms with van der Waals surface area (Å²) in [5.41, 5.74) is 1.61. The number of phenolic OH excluding ortho intramolecular Hbond substituents is 1. The van der Waals surface area contributed by atoms with Gasteiger partial charge in [-0.3, -0.25) is 4.79 Å². The van der Waals surface area contributed by atoms with E-state index >= 15 is 0 Å². The molecule has 6 nitrogen and oxygen atoms in total. The number of phenols is 1. The van der Waals surface area contributed by atoms with Crippen molar-refractivity contribution in [3.8, 4) is 17.2 Å². The number of aromatic hydroxyl groups is 1. The van der Waals surface area contributed by atoms with Crippen molar-refractivity contribution >= 4 is 61.7 Å². The summed E-state index contributed by atoms with van der Waals surface area (Å²) in [7, 11) is 0. The van der Waals surface area contributed by atoms with Gasteiger partial charge in [0.1, 0.15) is 21.5 Å². The van der Waals surface area contributed by atoms with Crippen molar-refractivity contribution in [3.63, 3.8) is 0 Å². The summed E-state index contributed by atoms with van der Waals surface area (Å²) in [6, 6.07) is 10.3. The van der Waals surface area contributed by atoms with Crippen LogP contribution in [0, 0.1) is 3.70 Å². The molecule has 3 aromatic rings. The number of esters is 1. The highest BCUT2D eigenvalue weighted by molar-refractivity contribution is 14.1. The monoisotopic (exact) mass is 516 g/mol. The molecule has 1 heterocycles. The molecule has 0 fully saturated rings. The van der Waals surface area contributed by atoms with Crippen molar-refractivity contribution in [2.24, 2.45) is 0 Å². The predicted molar refractivity (Wildman–Crippen MR) is 106 cm³/mol. The second-order valence-electron chi connectivity index (χ2n) is 4.85. The van der Waals surface area contributed by atoms with E-state index in [9.17, 15) is 9.90 Å². The van der Waals surface area contributed by atoms with Crippen LogP contribution in [0.3, 0.4) is 0 Å². The Bertz CT molecular complexity index is 940. The summed E-state index contributed by atoms with van der Waals surface area (Å²) in [6.45, 7) is 2.80. The largest absolute Gasteiger partial charge is 0.508 e. The minimum Gasteiger partial charge on any atom is -0.508 e. The van der Waals surface area contributed by atoms with Gasteiger partial charge in [-0.1, -0.05) is 0 Å². The second kappa shape index (κ2) is 8.43. The zero-order valence-corrected chi connectivity index (χ0v) is 17.1. The number of benzene rings is 2. The third-order valence-corrected chi connectivity index (χ3v) is 4.68. The Balaban J connectivity index is 0.000000701. The van der Waals surface area contributed by atoms with E-state index in [2.05, 4.69) is 43.6 Å². The van der Waals surface area contributed by atoms with Gasteiger partial charge in [0.15, 0.2) is 0 Å². The first-order valence-electron chi connectivity index (χ1n) is 7.12. The maximum absolute atomic E-state index is 11.0. The van der Waals surface area contributed by atoms with Gasteiger partial charge in [-0.05, 0) is 81.8 Å². The third-order valence-electron chi connectivity index (χ3n) is 3.00. The first-order valence-corrected chi connectivity index (χ1v) is 9.00. The van der Waals surface area contributed by atoms with E-state index in [1.54, 1.807) is 35.0 Å². The van der Waals surface area contributed by atoms with Gasteiger partial charge in [0.25, 0.3) is 0 Å². The van der Waals surface area contributed by atoms with Crippen molar-refractivity contribution in [2.45, 2.75) is 13.8 Å². The number of aromatic nitrogens is 2. The average molecular weight is 517 g/mol. The highest BCUT2D eigenvalue weighted by Gasteiger charge is 2.14. The maximum Gasteiger partial charge on any atom is 0.308 e. The molecule has 0 unspecified atom stereocenters. The molecule has 0 aliphatic heterocycles. The first-order chi connectivity index (χ1) is 11.9. The molecular formula is C17H14BrIN2O4. The van der Waals surface area contributed by atoms with Gasteiger partial charge >= 0.3 is 5.97 Å². The van der Waals surface area contributed by atoms with E-state index < -0.39 is 0 Å². The molecule has 0 aliphatic rings. The van der Waals surface area contributed by atoms with E-state index in [-0.39, 0.29) is 11.7 Å². The molecule has 0 aliphatic carbocycles. The van der Waals surface area contributed by atoms with E-state index in [1.807, 2.05) is 6.07 Å². The zero-order valence-electron chi connectivity index (χ0n) is 13.4. The summed E-state index contributed by atoms with van der Waals surface area (Å²) in [5.74, 6) is 0.302. The molecule has 130 valence electrons. The Morgan fingerprint density at radius 1 is 1.32 bits per heavy atom. The zero-order chi connectivity index (χ0) is 18.6. The topological polar surface area (TPSA) is 81.4 Å². The fourth-order valence-electron chi connectivity index (χ4n) is 2.09. The van der Waals surface area contributed by atoms with Crippen LogP contribution in [0.15, 0.2) is 40.9 Å². The van der Waals surface area contributed by atoms with Crippen LogP contribution in [-0.4, -0.2) is 27.1 Å². The lowest BCUT2D eigenvalue weighted by Gasteiger charge is -2.08. The minimum absolute atomic E-state index is 0.203. The number of aldehydes is 1. The highest BCUT2D eigenvalue weighted by Crippen LogP contribution is 2.31. The Morgan fingerprint density at radius 2 is 2.00 bits per heavy atom. The van der Waals surface area contributed by atoms with Gasteiger partial charge in [0.05, 0.1) is 11.2 Å². The van der Waals surface area contributed by atoms with Crippen LogP contribution in [-0.2, 0) is 9.59 Å². The van der Waals surface area contributed by atoms with Crippen molar-refractivity contribution in [2.75, 3.05) is 0 Å². The van der Waals surface area contributed by atoms with Gasteiger partial charge in [0.2, 0.25) is 0 Å². The fraction of sp³-hybridized carbons (Fsp3) is 0.118. The van der Waals surface area contributed by atoms with Crippen LogP contribution in [0.25, 0.3) is 16.6 Å². The van der Waals surface area contributed by atoms with Gasteiger partial charge in [-0.2, -0.15) is 5.10 Å². The van der Waals surface area contributed by atoms with Crippen LogP contribution in [0.4, 0.5) is 0 Å². The molecule has 25 heavy (non-hydrogen) atoms. The molecular weight excluding hydrogens is 503 g/mol. The van der Waals surface area contributed by atoms with Crippen LogP contribution in [0.2, 0.25) is 0 Å². The number of halogens is 2. The number of ether oxygens (including phenoxy) is 1. The third kappa shape index (κ3) is 4.57. The van der Waals surface area contributed by atoms with Gasteiger partial charge < -0.3 is 14.6 Å². The molecule has 2 aromatic carbocycles. The quantitative estimate of drug-likeness (QED) is 0.238. The van der Waals surface area contributed by atoms with E-state index in [0.717, 1.165) is 31.0 Å². The van der Waals surface area contributed by atoms with Crippen LogP contribution < -0.4 is 4.74 Å². The Kier molecular flexibility index (Phi) is 6.54. The molecule has 1 N–H and O–H groups in total. The first kappa shape index (κ1) is 19.4. The molecule has 0 radical (unpaired) electrons. The summed E-state index contributed by atoms with van der Waals surface area (Å²) >= 11 is 5.66. The minimum atomic E-state index is -0.366. The number of carbonyl (C=O) groups excluding carboxylic acids is 2. The second-order valence-corrected chi connectivity index (χ2v) is 6.72. The summed E-state index contributed by atoms with van der Waals surface area (Å²) in [5, 5.41) is 15.0. The molecule has 0 amide bonds. The standard InChI is InChI=1S/C15H10BrIN2O3.C2H4O/c1-8(20)22-10-3-5-14(12(16)7-10)19-15(17)11-6-9(21)2-4-13(11)18-19;1-2-3/h2-7,21H,1H3;2H,1H3.